The second-order valence-corrected chi connectivity index (χ2v) is 7.37. The first-order valence-electron chi connectivity index (χ1n) is 9.67. The van der Waals surface area contributed by atoms with E-state index in [-0.39, 0.29) is 11.8 Å². The first-order chi connectivity index (χ1) is 13.7. The number of fused-ring (bicyclic) bond motifs is 1. The molecule has 2 aromatic heterocycles. The first kappa shape index (κ1) is 17.2. The van der Waals surface area contributed by atoms with Crippen molar-refractivity contribution in [3.8, 4) is 11.4 Å². The van der Waals surface area contributed by atoms with Crippen LogP contribution in [0.4, 0.5) is 0 Å². The van der Waals surface area contributed by atoms with Gasteiger partial charge < -0.3 is 14.6 Å². The first-order valence-corrected chi connectivity index (χ1v) is 9.67. The number of ether oxygens (including phenoxy) is 2. The van der Waals surface area contributed by atoms with Crippen LogP contribution < -0.4 is 4.74 Å². The average molecular weight is 379 g/mol. The van der Waals surface area contributed by atoms with Gasteiger partial charge in [0.1, 0.15) is 11.9 Å². The molecule has 1 aliphatic heterocycles. The molecular formula is C21H21N3O4. The maximum Gasteiger partial charge on any atom is 0.354 e. The quantitative estimate of drug-likeness (QED) is 0.729. The Morgan fingerprint density at radius 2 is 2.04 bits per heavy atom. The van der Waals surface area contributed by atoms with E-state index in [1.54, 1.807) is 4.68 Å². The lowest BCUT2D eigenvalue weighted by molar-refractivity contribution is 0.0690. The van der Waals surface area contributed by atoms with Gasteiger partial charge in [-0.05, 0) is 25.0 Å². The topological polar surface area (TPSA) is 86.5 Å². The Kier molecular flexibility index (Phi) is 4.24. The molecule has 2 aliphatic rings. The van der Waals surface area contributed by atoms with Gasteiger partial charge in [-0.1, -0.05) is 24.6 Å². The van der Waals surface area contributed by atoms with Gasteiger partial charge in [-0.15, -0.1) is 0 Å². The highest BCUT2D eigenvalue weighted by Gasteiger charge is 2.30. The predicted molar refractivity (Wildman–Crippen MR) is 102 cm³/mol. The normalized spacial score (nSPS) is 19.6. The van der Waals surface area contributed by atoms with E-state index in [1.165, 1.54) is 12.5 Å². The minimum Gasteiger partial charge on any atom is -0.487 e. The van der Waals surface area contributed by atoms with E-state index in [0.29, 0.717) is 30.5 Å². The molecule has 0 unspecified atom stereocenters. The van der Waals surface area contributed by atoms with Gasteiger partial charge in [0, 0.05) is 18.4 Å². The second-order valence-electron chi connectivity index (χ2n) is 7.37. The summed E-state index contributed by atoms with van der Waals surface area (Å²) in [6.07, 6.45) is 4.04. The van der Waals surface area contributed by atoms with Crippen LogP contribution in [0.15, 0.2) is 36.4 Å². The van der Waals surface area contributed by atoms with Gasteiger partial charge in [-0.2, -0.15) is 5.10 Å². The molecule has 0 bridgehead atoms. The van der Waals surface area contributed by atoms with Crippen molar-refractivity contribution in [1.29, 1.82) is 0 Å². The third-order valence-corrected chi connectivity index (χ3v) is 5.52. The van der Waals surface area contributed by atoms with Crippen molar-refractivity contribution in [3.63, 3.8) is 0 Å². The van der Waals surface area contributed by atoms with Gasteiger partial charge in [0.05, 0.1) is 30.0 Å². The van der Waals surface area contributed by atoms with Gasteiger partial charge in [0.15, 0.2) is 11.3 Å². The standard InChI is InChI=1S/C21H21N3O4/c25-21(26)16-11-17(28-15-9-10-27-12-15)18-19(13-5-4-6-13)23-24(20(18)22-16)14-7-2-1-3-8-14/h1-3,7-8,11,13,15H,4-6,9-10,12H2,(H,25,26)/t15-/m0/s1. The Bertz CT molecular complexity index is 1020. The fourth-order valence-electron chi connectivity index (χ4n) is 3.81. The lowest BCUT2D eigenvalue weighted by Crippen LogP contribution is -2.17. The number of benzene rings is 1. The van der Waals surface area contributed by atoms with Gasteiger partial charge in [-0.25, -0.2) is 14.5 Å². The van der Waals surface area contributed by atoms with Gasteiger partial charge >= 0.3 is 5.97 Å². The van der Waals surface area contributed by atoms with Crippen LogP contribution >= 0.6 is 0 Å². The van der Waals surface area contributed by atoms with Crippen LogP contribution in [0, 0.1) is 0 Å². The van der Waals surface area contributed by atoms with E-state index in [4.69, 9.17) is 14.6 Å². The number of pyridine rings is 1. The summed E-state index contributed by atoms with van der Waals surface area (Å²) in [7, 11) is 0. The summed E-state index contributed by atoms with van der Waals surface area (Å²) < 4.78 is 13.4. The van der Waals surface area contributed by atoms with Crippen LogP contribution in [0.1, 0.15) is 47.8 Å². The highest BCUT2D eigenvalue weighted by atomic mass is 16.5. The number of para-hydroxylation sites is 1. The van der Waals surface area contributed by atoms with Crippen molar-refractivity contribution in [2.75, 3.05) is 13.2 Å². The number of rotatable bonds is 5. The van der Waals surface area contributed by atoms with Crippen LogP contribution in [-0.4, -0.2) is 45.2 Å². The van der Waals surface area contributed by atoms with Gasteiger partial charge in [-0.3, -0.25) is 0 Å². The number of carboxylic acids is 1. The van der Waals surface area contributed by atoms with Gasteiger partial charge in [0.2, 0.25) is 0 Å². The molecule has 1 aliphatic carbocycles. The molecule has 1 N–H and O–H groups in total. The molecule has 5 rings (SSSR count). The summed E-state index contributed by atoms with van der Waals surface area (Å²) >= 11 is 0. The van der Waals surface area contributed by atoms with E-state index in [2.05, 4.69) is 4.98 Å². The van der Waals surface area contributed by atoms with Crippen LogP contribution in [0.5, 0.6) is 5.75 Å². The summed E-state index contributed by atoms with van der Waals surface area (Å²) in [5.74, 6) is -0.186. The maximum atomic E-state index is 11.7. The van der Waals surface area contributed by atoms with Crippen molar-refractivity contribution < 1.29 is 19.4 Å². The van der Waals surface area contributed by atoms with Crippen LogP contribution in [0.3, 0.4) is 0 Å². The van der Waals surface area contributed by atoms with E-state index in [0.717, 1.165) is 36.0 Å². The Morgan fingerprint density at radius 3 is 2.68 bits per heavy atom. The second kappa shape index (κ2) is 6.91. The molecule has 3 aromatic rings. The molecule has 144 valence electrons. The zero-order valence-corrected chi connectivity index (χ0v) is 15.4. The number of carboxylic acid groups (broad SMARTS) is 1. The zero-order valence-electron chi connectivity index (χ0n) is 15.4. The van der Waals surface area contributed by atoms with Crippen molar-refractivity contribution in [1.82, 2.24) is 14.8 Å². The van der Waals surface area contributed by atoms with Crippen LogP contribution in [0.2, 0.25) is 0 Å². The third kappa shape index (κ3) is 2.92. The molecule has 3 heterocycles. The summed E-state index contributed by atoms with van der Waals surface area (Å²) in [5, 5.41) is 15.3. The number of aromatic carboxylic acids is 1. The van der Waals surface area contributed by atoms with Crippen molar-refractivity contribution in [2.24, 2.45) is 0 Å². The Labute approximate surface area is 161 Å². The predicted octanol–water partition coefficient (Wildman–Crippen LogP) is 3.55. The van der Waals surface area contributed by atoms with Crippen molar-refractivity contribution >= 4 is 17.0 Å². The molecule has 7 nitrogen and oxygen atoms in total. The van der Waals surface area contributed by atoms with Gasteiger partial charge in [0.25, 0.3) is 0 Å². The summed E-state index contributed by atoms with van der Waals surface area (Å²) in [6.45, 7) is 1.17. The Balaban J connectivity index is 1.74. The number of aromatic nitrogens is 3. The number of hydrogen-bond acceptors (Lipinski definition) is 5. The average Bonchev–Trinajstić information content (AvgIpc) is 3.29. The largest absolute Gasteiger partial charge is 0.487 e. The van der Waals surface area contributed by atoms with Crippen molar-refractivity contribution in [3.05, 3.63) is 47.8 Å². The molecular weight excluding hydrogens is 358 g/mol. The maximum absolute atomic E-state index is 11.7. The highest BCUT2D eigenvalue weighted by molar-refractivity contribution is 5.94. The van der Waals surface area contributed by atoms with Crippen LogP contribution in [-0.2, 0) is 4.74 Å². The number of hydrogen-bond donors (Lipinski definition) is 1. The lowest BCUT2D eigenvalue weighted by Gasteiger charge is -2.24. The van der Waals surface area contributed by atoms with Crippen molar-refractivity contribution in [2.45, 2.75) is 37.7 Å². The van der Waals surface area contributed by atoms with E-state index in [9.17, 15) is 9.90 Å². The monoisotopic (exact) mass is 379 g/mol. The van der Waals surface area contributed by atoms with E-state index < -0.39 is 5.97 Å². The smallest absolute Gasteiger partial charge is 0.354 e. The molecule has 1 atom stereocenters. The highest BCUT2D eigenvalue weighted by Crippen LogP contribution is 2.42. The summed E-state index contributed by atoms with van der Waals surface area (Å²) in [6, 6.07) is 11.2. The lowest BCUT2D eigenvalue weighted by atomic mass is 9.82. The Morgan fingerprint density at radius 1 is 1.21 bits per heavy atom. The molecule has 1 saturated heterocycles. The minimum atomic E-state index is -1.08. The molecule has 1 aromatic carbocycles. The molecule has 2 fully saturated rings. The van der Waals surface area contributed by atoms with E-state index in [1.807, 2.05) is 30.3 Å². The molecule has 1 saturated carbocycles. The fourth-order valence-corrected chi connectivity index (χ4v) is 3.81. The SMILES string of the molecule is O=C(O)c1cc(O[C@H]2CCOC2)c2c(C3CCC3)nn(-c3ccccc3)c2n1. The fraction of sp³-hybridized carbons (Fsp3) is 0.381. The number of carbonyl (C=O) groups is 1. The molecule has 0 spiro atoms. The molecule has 7 heteroatoms. The zero-order chi connectivity index (χ0) is 19.1. The van der Waals surface area contributed by atoms with Crippen LogP contribution in [0.25, 0.3) is 16.7 Å². The Hall–Kier alpha value is -2.93. The third-order valence-electron chi connectivity index (χ3n) is 5.52. The molecule has 28 heavy (non-hydrogen) atoms. The van der Waals surface area contributed by atoms with E-state index >= 15 is 0 Å². The number of nitrogens with zero attached hydrogens (tertiary/aromatic N) is 3. The summed E-state index contributed by atoms with van der Waals surface area (Å²) in [4.78, 5) is 16.2. The molecule has 0 amide bonds. The molecule has 0 radical (unpaired) electrons. The summed E-state index contributed by atoms with van der Waals surface area (Å²) in [5.41, 5.74) is 2.28. The minimum absolute atomic E-state index is 0.0429.